The van der Waals surface area contributed by atoms with Gasteiger partial charge in [-0.25, -0.2) is 0 Å². The van der Waals surface area contributed by atoms with Gasteiger partial charge < -0.3 is 10.1 Å². The van der Waals surface area contributed by atoms with Crippen LogP contribution >= 0.6 is 0 Å². The van der Waals surface area contributed by atoms with Gasteiger partial charge in [-0.2, -0.15) is 0 Å². The van der Waals surface area contributed by atoms with Crippen LogP contribution in [0, 0.1) is 0 Å². The average molecular weight is 235 g/mol. The lowest BCUT2D eigenvalue weighted by Crippen LogP contribution is -2.16. The standard InChI is InChI=1S/C15H25NO/c1-5-13(6-2)17-14-10-8-12(9-11-14)15(7-3)16-4/h8-11,13,15-16H,5-7H2,1-4H3. The molecule has 0 aliphatic rings. The maximum absolute atomic E-state index is 5.89. The summed E-state index contributed by atoms with van der Waals surface area (Å²) in [6, 6.07) is 8.91. The molecule has 1 aromatic rings. The van der Waals surface area contributed by atoms with Gasteiger partial charge in [0.25, 0.3) is 0 Å². The summed E-state index contributed by atoms with van der Waals surface area (Å²) in [5, 5.41) is 3.31. The maximum Gasteiger partial charge on any atom is 0.119 e. The first kappa shape index (κ1) is 14.0. The fourth-order valence-corrected chi connectivity index (χ4v) is 2.03. The Kier molecular flexibility index (Phi) is 6.06. The molecule has 1 N–H and O–H groups in total. The Hall–Kier alpha value is -1.02. The molecule has 1 rings (SSSR count). The van der Waals surface area contributed by atoms with Gasteiger partial charge in [0.2, 0.25) is 0 Å². The molecular weight excluding hydrogens is 210 g/mol. The molecule has 1 aromatic carbocycles. The molecular formula is C15H25NO. The van der Waals surface area contributed by atoms with Crippen molar-refractivity contribution < 1.29 is 4.74 Å². The molecule has 2 heteroatoms. The molecule has 0 amide bonds. The fourth-order valence-electron chi connectivity index (χ4n) is 2.03. The lowest BCUT2D eigenvalue weighted by molar-refractivity contribution is 0.193. The van der Waals surface area contributed by atoms with E-state index < -0.39 is 0 Å². The number of rotatable bonds is 7. The molecule has 0 aliphatic carbocycles. The molecule has 0 fully saturated rings. The van der Waals surface area contributed by atoms with Crippen molar-refractivity contribution >= 4 is 0 Å². The number of ether oxygens (including phenoxy) is 1. The number of hydrogen-bond donors (Lipinski definition) is 1. The first-order valence-corrected chi connectivity index (χ1v) is 6.68. The molecule has 96 valence electrons. The van der Waals surface area contributed by atoms with Gasteiger partial charge in [0.15, 0.2) is 0 Å². The van der Waals surface area contributed by atoms with Gasteiger partial charge in [-0.15, -0.1) is 0 Å². The first-order valence-electron chi connectivity index (χ1n) is 6.68. The van der Waals surface area contributed by atoms with Crippen LogP contribution < -0.4 is 10.1 Å². The third-order valence-corrected chi connectivity index (χ3v) is 3.25. The lowest BCUT2D eigenvalue weighted by atomic mass is 10.0. The van der Waals surface area contributed by atoms with Crippen LogP contribution in [0.1, 0.15) is 51.6 Å². The zero-order valence-corrected chi connectivity index (χ0v) is 11.5. The second kappa shape index (κ2) is 7.33. The normalized spacial score (nSPS) is 12.8. The molecule has 0 aromatic heterocycles. The Bertz CT molecular complexity index is 299. The Balaban J connectivity index is 2.67. The Labute approximate surface area is 105 Å². The van der Waals surface area contributed by atoms with Gasteiger partial charge in [-0.05, 0) is 44.0 Å². The van der Waals surface area contributed by atoms with Crippen molar-refractivity contribution in [2.45, 2.75) is 52.2 Å². The highest BCUT2D eigenvalue weighted by molar-refractivity contribution is 5.29. The molecule has 0 aliphatic heterocycles. The highest BCUT2D eigenvalue weighted by Crippen LogP contribution is 2.21. The van der Waals surface area contributed by atoms with Crippen LogP contribution in [0.2, 0.25) is 0 Å². The Morgan fingerprint density at radius 2 is 1.59 bits per heavy atom. The summed E-state index contributed by atoms with van der Waals surface area (Å²) in [7, 11) is 2.00. The molecule has 0 spiro atoms. The highest BCUT2D eigenvalue weighted by atomic mass is 16.5. The lowest BCUT2D eigenvalue weighted by Gasteiger charge is -2.18. The minimum atomic E-state index is 0.340. The first-order chi connectivity index (χ1) is 8.24. The summed E-state index contributed by atoms with van der Waals surface area (Å²) in [6.45, 7) is 6.52. The third kappa shape index (κ3) is 4.04. The molecule has 0 saturated heterocycles. The van der Waals surface area contributed by atoms with E-state index in [1.807, 2.05) is 7.05 Å². The van der Waals surface area contributed by atoms with Crippen molar-refractivity contribution in [3.63, 3.8) is 0 Å². The summed E-state index contributed by atoms with van der Waals surface area (Å²) < 4.78 is 5.89. The molecule has 0 heterocycles. The summed E-state index contributed by atoms with van der Waals surface area (Å²) in [5.74, 6) is 0.980. The molecule has 0 bridgehead atoms. The Morgan fingerprint density at radius 1 is 1.00 bits per heavy atom. The number of benzene rings is 1. The summed E-state index contributed by atoms with van der Waals surface area (Å²) in [5.41, 5.74) is 1.33. The van der Waals surface area contributed by atoms with Crippen LogP contribution in [0.15, 0.2) is 24.3 Å². The molecule has 1 atom stereocenters. The number of hydrogen-bond acceptors (Lipinski definition) is 2. The van der Waals surface area contributed by atoms with Gasteiger partial charge in [0.05, 0.1) is 6.10 Å². The van der Waals surface area contributed by atoms with Crippen LogP contribution in [0.5, 0.6) is 5.75 Å². The predicted molar refractivity (Wildman–Crippen MR) is 73.5 cm³/mol. The SMILES string of the molecule is CCC(CC)Oc1ccc(C(CC)NC)cc1. The van der Waals surface area contributed by atoms with Crippen LogP contribution in [0.4, 0.5) is 0 Å². The van der Waals surface area contributed by atoms with Crippen molar-refractivity contribution in [1.82, 2.24) is 5.32 Å². The topological polar surface area (TPSA) is 21.3 Å². The van der Waals surface area contributed by atoms with Gasteiger partial charge in [-0.1, -0.05) is 32.9 Å². The second-order valence-electron chi connectivity index (χ2n) is 4.37. The van der Waals surface area contributed by atoms with E-state index in [-0.39, 0.29) is 0 Å². The van der Waals surface area contributed by atoms with Crippen molar-refractivity contribution in [3.05, 3.63) is 29.8 Å². The van der Waals surface area contributed by atoms with Crippen molar-refractivity contribution in [2.24, 2.45) is 0 Å². The van der Waals surface area contributed by atoms with E-state index in [1.54, 1.807) is 0 Å². The van der Waals surface area contributed by atoms with Crippen LogP contribution in [0.25, 0.3) is 0 Å². The monoisotopic (exact) mass is 235 g/mol. The smallest absolute Gasteiger partial charge is 0.119 e. The van der Waals surface area contributed by atoms with E-state index in [0.717, 1.165) is 25.0 Å². The molecule has 1 unspecified atom stereocenters. The molecule has 17 heavy (non-hydrogen) atoms. The molecule has 0 radical (unpaired) electrons. The minimum Gasteiger partial charge on any atom is -0.490 e. The van der Waals surface area contributed by atoms with Gasteiger partial charge in [0.1, 0.15) is 5.75 Å². The summed E-state index contributed by atoms with van der Waals surface area (Å²) >= 11 is 0. The van der Waals surface area contributed by atoms with Crippen LogP contribution in [-0.2, 0) is 0 Å². The van der Waals surface area contributed by atoms with Crippen molar-refractivity contribution in [3.8, 4) is 5.75 Å². The quantitative estimate of drug-likeness (QED) is 0.773. The zero-order valence-electron chi connectivity index (χ0n) is 11.5. The van der Waals surface area contributed by atoms with E-state index >= 15 is 0 Å². The van der Waals surface area contributed by atoms with E-state index in [2.05, 4.69) is 50.4 Å². The third-order valence-electron chi connectivity index (χ3n) is 3.25. The summed E-state index contributed by atoms with van der Waals surface area (Å²) in [4.78, 5) is 0. The molecule has 0 saturated carbocycles. The van der Waals surface area contributed by atoms with E-state index in [9.17, 15) is 0 Å². The second-order valence-corrected chi connectivity index (χ2v) is 4.37. The number of nitrogens with one attached hydrogen (secondary N) is 1. The largest absolute Gasteiger partial charge is 0.490 e. The van der Waals surface area contributed by atoms with Gasteiger partial charge >= 0.3 is 0 Å². The summed E-state index contributed by atoms with van der Waals surface area (Å²) in [6.07, 6.45) is 3.56. The van der Waals surface area contributed by atoms with E-state index in [4.69, 9.17) is 4.74 Å². The predicted octanol–water partition coefficient (Wildman–Crippen LogP) is 3.92. The zero-order chi connectivity index (χ0) is 12.7. The Morgan fingerprint density at radius 3 is 2.00 bits per heavy atom. The molecule has 2 nitrogen and oxygen atoms in total. The van der Waals surface area contributed by atoms with Crippen molar-refractivity contribution in [2.75, 3.05) is 7.05 Å². The van der Waals surface area contributed by atoms with Gasteiger partial charge in [0, 0.05) is 6.04 Å². The van der Waals surface area contributed by atoms with Crippen LogP contribution in [0.3, 0.4) is 0 Å². The van der Waals surface area contributed by atoms with E-state index in [0.29, 0.717) is 12.1 Å². The maximum atomic E-state index is 5.89. The van der Waals surface area contributed by atoms with Crippen LogP contribution in [-0.4, -0.2) is 13.2 Å². The highest BCUT2D eigenvalue weighted by Gasteiger charge is 2.08. The minimum absolute atomic E-state index is 0.340. The average Bonchev–Trinajstić information content (AvgIpc) is 2.39. The van der Waals surface area contributed by atoms with Gasteiger partial charge in [-0.3, -0.25) is 0 Å². The fraction of sp³-hybridized carbons (Fsp3) is 0.600. The van der Waals surface area contributed by atoms with Crippen molar-refractivity contribution in [1.29, 1.82) is 0 Å². The van der Waals surface area contributed by atoms with E-state index in [1.165, 1.54) is 5.56 Å².